The number of carboxylic acid groups (broad SMARTS) is 1. The number of halogens is 5. The van der Waals surface area contributed by atoms with Gasteiger partial charge in [0.2, 0.25) is 5.95 Å². The number of carboxylic acids is 1. The number of hydrogen-bond acceptors (Lipinski definition) is 8. The van der Waals surface area contributed by atoms with Gasteiger partial charge in [0.05, 0.1) is 18.2 Å². The summed E-state index contributed by atoms with van der Waals surface area (Å²) < 4.78 is 81.0. The lowest BCUT2D eigenvalue weighted by Crippen LogP contribution is -2.66. The topological polar surface area (TPSA) is 126 Å². The number of fused-ring (bicyclic) bond motifs is 4. The molecule has 1 aromatic carbocycles. The molecule has 1 aromatic heterocycles. The maximum Gasteiger partial charge on any atom is 0.401 e. The zero-order chi connectivity index (χ0) is 38.6. The van der Waals surface area contributed by atoms with E-state index in [1.54, 1.807) is 11.0 Å². The van der Waals surface area contributed by atoms with E-state index in [-0.39, 0.29) is 29.9 Å². The van der Waals surface area contributed by atoms with Crippen LogP contribution in [0.1, 0.15) is 107 Å². The number of hydrogen-bond donors (Lipinski definition) is 3. The lowest BCUT2D eigenvalue weighted by molar-refractivity contribution is -0.155. The summed E-state index contributed by atoms with van der Waals surface area (Å²) in [5, 5.41) is 15.9. The predicted molar refractivity (Wildman–Crippen MR) is 189 cm³/mol. The normalized spacial score (nSPS) is 30.9. The predicted octanol–water partition coefficient (Wildman–Crippen LogP) is 7.28. The summed E-state index contributed by atoms with van der Waals surface area (Å²) in [6.45, 7) is 4.92. The van der Waals surface area contributed by atoms with Crippen molar-refractivity contribution in [2.75, 3.05) is 31.2 Å². The first-order valence-corrected chi connectivity index (χ1v) is 19.3. The van der Waals surface area contributed by atoms with Crippen molar-refractivity contribution in [2.45, 2.75) is 120 Å². The summed E-state index contributed by atoms with van der Waals surface area (Å²) in [5.74, 6) is -5.12. The molecule has 3 saturated carbocycles. The molecule has 5 unspecified atom stereocenters. The molecule has 4 fully saturated rings. The molecule has 3 aliphatic carbocycles. The molecule has 296 valence electrons. The Morgan fingerprint density at radius 1 is 1.04 bits per heavy atom. The summed E-state index contributed by atoms with van der Waals surface area (Å²) >= 11 is 0. The van der Waals surface area contributed by atoms with Gasteiger partial charge in [0.15, 0.2) is 0 Å². The second-order valence-electron chi connectivity index (χ2n) is 16.7. The molecule has 2 aliphatic heterocycles. The molecule has 3 N–H and O–H groups in total. The number of alkyl halides is 5. The monoisotopic (exact) mass is 763 g/mol. The Kier molecular flexibility index (Phi) is 10.4. The number of nitrogens with zero attached hydrogens (tertiary/aromatic N) is 3. The van der Waals surface area contributed by atoms with Crippen LogP contribution in [-0.2, 0) is 20.9 Å². The van der Waals surface area contributed by atoms with E-state index in [9.17, 15) is 27.9 Å². The van der Waals surface area contributed by atoms with Crippen LogP contribution in [0.25, 0.3) is 0 Å². The molecule has 2 bridgehead atoms. The quantitative estimate of drug-likeness (QED) is 0.226. The highest BCUT2D eigenvalue weighted by molar-refractivity contribution is 5.99. The van der Waals surface area contributed by atoms with E-state index in [0.29, 0.717) is 102 Å². The molecule has 7 rings (SSSR count). The fraction of sp³-hybridized carbons (Fsp3) is 0.692. The van der Waals surface area contributed by atoms with Gasteiger partial charge in [-0.3, -0.25) is 4.79 Å². The van der Waals surface area contributed by atoms with E-state index in [1.165, 1.54) is 0 Å². The Bertz CT molecular complexity index is 1720. The van der Waals surface area contributed by atoms with Crippen molar-refractivity contribution in [3.05, 3.63) is 41.2 Å². The molecule has 1 saturated heterocycles. The van der Waals surface area contributed by atoms with Crippen LogP contribution in [0.2, 0.25) is 0 Å². The minimum atomic E-state index is -4.26. The number of aromatic nitrogens is 2. The SMILES string of the molecule is CC1CC2CC(C)C(NC(=O)c3cnc(N4CC5(CCOCC5)c5cc(OC6CCC(NCC(F)(F)F)CC6)ccc54)nc3C(C)(F)F)(C(=O)O)C(C1)C2. The average Bonchev–Trinajstić information content (AvgIpc) is 3.41. The number of amides is 1. The van der Waals surface area contributed by atoms with E-state index in [1.807, 2.05) is 19.1 Å². The van der Waals surface area contributed by atoms with Crippen LogP contribution < -0.4 is 20.3 Å². The number of anilines is 2. The molecule has 3 heterocycles. The summed E-state index contributed by atoms with van der Waals surface area (Å²) in [7, 11) is 0. The van der Waals surface area contributed by atoms with Crippen LogP contribution >= 0.6 is 0 Å². The van der Waals surface area contributed by atoms with Crippen molar-refractivity contribution in [2.24, 2.45) is 23.7 Å². The number of carbonyl (C=O) groups excluding carboxylic acids is 1. The fourth-order valence-corrected chi connectivity index (χ4v) is 10.2. The number of rotatable bonds is 9. The maximum absolute atomic E-state index is 15.5. The maximum atomic E-state index is 15.5. The summed E-state index contributed by atoms with van der Waals surface area (Å²) in [6, 6.07) is 5.38. The first-order valence-electron chi connectivity index (χ1n) is 19.3. The third-order valence-electron chi connectivity index (χ3n) is 12.8. The molecule has 1 spiro atoms. The Morgan fingerprint density at radius 3 is 2.43 bits per heavy atom. The minimum Gasteiger partial charge on any atom is -0.490 e. The van der Waals surface area contributed by atoms with Gasteiger partial charge in [-0.05, 0) is 112 Å². The van der Waals surface area contributed by atoms with Crippen LogP contribution in [0.15, 0.2) is 24.4 Å². The number of carbonyl (C=O) groups is 2. The molecule has 0 radical (unpaired) electrons. The van der Waals surface area contributed by atoms with Gasteiger partial charge in [-0.1, -0.05) is 13.8 Å². The van der Waals surface area contributed by atoms with Crippen molar-refractivity contribution in [1.82, 2.24) is 20.6 Å². The van der Waals surface area contributed by atoms with Gasteiger partial charge in [-0.25, -0.2) is 14.8 Å². The van der Waals surface area contributed by atoms with Crippen molar-refractivity contribution in [1.29, 1.82) is 0 Å². The van der Waals surface area contributed by atoms with Crippen molar-refractivity contribution < 1.29 is 46.1 Å². The van der Waals surface area contributed by atoms with Crippen molar-refractivity contribution >= 4 is 23.5 Å². The van der Waals surface area contributed by atoms with Gasteiger partial charge >= 0.3 is 12.1 Å². The van der Waals surface area contributed by atoms with E-state index in [2.05, 4.69) is 27.5 Å². The Hall–Kier alpha value is -3.59. The lowest BCUT2D eigenvalue weighted by atomic mass is 9.56. The largest absolute Gasteiger partial charge is 0.490 e. The highest BCUT2D eigenvalue weighted by atomic mass is 19.4. The zero-order valence-corrected chi connectivity index (χ0v) is 31.0. The van der Waals surface area contributed by atoms with Gasteiger partial charge in [0.25, 0.3) is 11.8 Å². The summed E-state index contributed by atoms with van der Waals surface area (Å²) in [6.07, 6.45) is 3.22. The fourth-order valence-electron chi connectivity index (χ4n) is 10.2. The first-order chi connectivity index (χ1) is 25.5. The van der Waals surface area contributed by atoms with Gasteiger partial charge in [-0.2, -0.15) is 22.0 Å². The van der Waals surface area contributed by atoms with E-state index < -0.39 is 58.6 Å². The van der Waals surface area contributed by atoms with E-state index >= 15 is 8.78 Å². The highest BCUT2D eigenvalue weighted by Crippen LogP contribution is 2.52. The number of nitrogens with one attached hydrogen (secondary N) is 2. The summed E-state index contributed by atoms with van der Waals surface area (Å²) in [5.41, 5.74) is -1.60. The number of ether oxygens (including phenoxy) is 2. The second kappa shape index (κ2) is 14.5. The van der Waals surface area contributed by atoms with Crippen molar-refractivity contribution in [3.8, 4) is 5.75 Å². The zero-order valence-electron chi connectivity index (χ0n) is 31.0. The molecule has 2 aromatic rings. The van der Waals surface area contributed by atoms with E-state index in [0.717, 1.165) is 18.2 Å². The Morgan fingerprint density at radius 2 is 1.76 bits per heavy atom. The minimum absolute atomic E-state index is 0.00558. The summed E-state index contributed by atoms with van der Waals surface area (Å²) in [4.78, 5) is 37.6. The molecule has 10 nitrogen and oxygen atoms in total. The Balaban J connectivity index is 1.15. The highest BCUT2D eigenvalue weighted by Gasteiger charge is 2.57. The van der Waals surface area contributed by atoms with Crippen LogP contribution in [0.5, 0.6) is 5.75 Å². The van der Waals surface area contributed by atoms with Crippen LogP contribution in [-0.4, -0.2) is 77.1 Å². The molecule has 54 heavy (non-hydrogen) atoms. The molecule has 15 heteroatoms. The van der Waals surface area contributed by atoms with Crippen LogP contribution in [0, 0.1) is 23.7 Å². The van der Waals surface area contributed by atoms with Gasteiger partial charge in [0, 0.05) is 50.0 Å². The average molecular weight is 764 g/mol. The molecule has 5 atom stereocenters. The third kappa shape index (κ3) is 7.50. The standard InChI is InChI=1S/C39H50F5N5O5/c1-22-14-24-16-23(2)39(34(51)52,25(15-22)17-24)48-33(50)29-19-45-35(47-32(29)36(3,40)41)49-21-37(10-12-53-13-11-37)30-18-28(8-9-31(30)49)54-27-6-4-26(5-7-27)46-20-38(42,43)44/h8-9,18-19,22-27,46H,4-7,10-17,20-21H2,1-3H3,(H,48,50)(H,51,52). The van der Waals surface area contributed by atoms with Gasteiger partial charge < -0.3 is 30.1 Å². The molecule has 5 aliphatic rings. The molecular weight excluding hydrogens is 713 g/mol. The molecule has 1 amide bonds. The van der Waals surface area contributed by atoms with Gasteiger partial charge in [0.1, 0.15) is 17.0 Å². The van der Waals surface area contributed by atoms with E-state index in [4.69, 9.17) is 9.47 Å². The van der Waals surface area contributed by atoms with Crippen molar-refractivity contribution in [3.63, 3.8) is 0 Å². The number of aliphatic carboxylic acids is 1. The van der Waals surface area contributed by atoms with Crippen LogP contribution in [0.4, 0.5) is 33.6 Å². The second-order valence-corrected chi connectivity index (χ2v) is 16.7. The van der Waals surface area contributed by atoms with Gasteiger partial charge in [-0.15, -0.1) is 0 Å². The first kappa shape index (κ1) is 38.7. The Labute approximate surface area is 312 Å². The lowest BCUT2D eigenvalue weighted by Gasteiger charge is -2.52. The third-order valence-corrected chi connectivity index (χ3v) is 12.8. The smallest absolute Gasteiger partial charge is 0.401 e. The molecular formula is C39H50F5N5O5. The number of benzene rings is 1. The van der Waals surface area contributed by atoms with Crippen LogP contribution in [0.3, 0.4) is 0 Å².